The van der Waals surface area contributed by atoms with E-state index in [4.69, 9.17) is 15.0 Å². The number of fused-ring (bicyclic) bond motifs is 3. The number of hydrogen-bond donors (Lipinski definition) is 9. The molecular formula is C27H33N9NaO15P2. The predicted octanol–water partition coefficient (Wildman–Crippen LogP) is -2.80. The number of aromatic nitrogens is 8. The summed E-state index contributed by atoms with van der Waals surface area (Å²) in [4.78, 5) is 66.6. The fourth-order valence-electron chi connectivity index (χ4n) is 5.55. The van der Waals surface area contributed by atoms with Gasteiger partial charge in [-0.1, -0.05) is 0 Å². The van der Waals surface area contributed by atoms with Gasteiger partial charge in [-0.25, -0.2) is 33.9 Å². The van der Waals surface area contributed by atoms with Gasteiger partial charge in [-0.15, -0.1) is 0 Å². The van der Waals surface area contributed by atoms with Crippen LogP contribution in [0.25, 0.3) is 33.7 Å². The summed E-state index contributed by atoms with van der Waals surface area (Å²) < 4.78 is 46.6. The molecule has 287 valence electrons. The molecule has 24 nitrogen and oxygen atoms in total. The van der Waals surface area contributed by atoms with Gasteiger partial charge < -0.3 is 50.4 Å². The number of hydrogen-bond acceptors (Lipinski definition) is 19. The Hall–Kier alpha value is -3.13. The second kappa shape index (κ2) is 16.2. The van der Waals surface area contributed by atoms with Gasteiger partial charge in [0.15, 0.2) is 29.2 Å². The Morgan fingerprint density at radius 3 is 2.39 bits per heavy atom. The number of H-pyrrole nitrogens is 1. The number of aryl methyl sites for hydroxylation is 2. The van der Waals surface area contributed by atoms with E-state index in [0.29, 0.717) is 5.52 Å². The molecule has 1 fully saturated rings. The van der Waals surface area contributed by atoms with E-state index in [9.17, 15) is 54.0 Å². The zero-order valence-electron chi connectivity index (χ0n) is 28.5. The van der Waals surface area contributed by atoms with Crippen molar-refractivity contribution in [2.24, 2.45) is 0 Å². The van der Waals surface area contributed by atoms with Gasteiger partial charge in [0.1, 0.15) is 48.5 Å². The Labute approximate surface area is 324 Å². The van der Waals surface area contributed by atoms with Crippen molar-refractivity contribution in [1.29, 1.82) is 0 Å². The fraction of sp³-hybridized carbons (Fsp3) is 0.444. The van der Waals surface area contributed by atoms with E-state index < -0.39 is 89.5 Å². The Bertz CT molecular complexity index is 2360. The molecule has 2 aromatic heterocycles. The topological polar surface area (TPSA) is 363 Å². The summed E-state index contributed by atoms with van der Waals surface area (Å²) in [6.07, 6.45) is -9.93. The average Bonchev–Trinajstić information content (AvgIpc) is 3.63. The Balaban J connectivity index is 0.00000561. The van der Waals surface area contributed by atoms with E-state index in [2.05, 4.69) is 33.8 Å². The van der Waals surface area contributed by atoms with Gasteiger partial charge >= 0.3 is 21.3 Å². The van der Waals surface area contributed by atoms with Gasteiger partial charge in [-0.05, 0) is 37.1 Å². The van der Waals surface area contributed by atoms with Gasteiger partial charge in [0, 0.05) is 29.6 Å². The molecule has 0 saturated carbocycles. The molecule has 27 heteroatoms. The number of ether oxygens (including phenoxy) is 1. The minimum atomic E-state index is -5.54. The standard InChI is InChI=1S/C27H33N9O15P2.Na/c1-10-3-12-13(4-11(10)2)35(24-18(32-12)25(42)34-27(43)33-24)5-14(37)19(39)15(38)6-48-52(44,45)51-53(46,47)49-7-16-20(40)21(41)26(50-16)36-9-31-17-22(28)29-8-30-23(17)36;/h3-4,8-9,14-16,19-21,26,37-41H,5-7H2,1-2H3,(H,44,45)(H,46,47)(H2,28,29,30)(H,34,42,43);/t14-,15+,16+,19-,20+,21+,26+;/m0./s1. The minimum absolute atomic E-state index is 0. The Kier molecular flexibility index (Phi) is 12.6. The zero-order valence-corrected chi connectivity index (χ0v) is 32.3. The first-order valence-corrected chi connectivity index (χ1v) is 18.4. The van der Waals surface area contributed by atoms with Crippen LogP contribution in [0.5, 0.6) is 0 Å². The number of phosphoric ester groups is 2. The first-order valence-electron chi connectivity index (χ1n) is 15.4. The van der Waals surface area contributed by atoms with Crippen molar-refractivity contribution in [3.63, 3.8) is 0 Å². The van der Waals surface area contributed by atoms with E-state index in [1.807, 2.05) is 4.98 Å². The normalized spacial score (nSPS) is 22.8. The number of rotatable bonds is 13. The van der Waals surface area contributed by atoms with Crippen LogP contribution >= 0.6 is 15.6 Å². The third-order valence-corrected chi connectivity index (χ3v) is 11.0. The molecule has 54 heavy (non-hydrogen) atoms. The number of nitrogens with one attached hydrogen (secondary N) is 1. The average molecular weight is 809 g/mol. The molecular weight excluding hydrogens is 775 g/mol. The van der Waals surface area contributed by atoms with Crippen molar-refractivity contribution >= 4 is 73.2 Å². The second-order valence-corrected chi connectivity index (χ2v) is 15.1. The first-order chi connectivity index (χ1) is 24.9. The smallest absolute Gasteiger partial charge is 0.388 e. The number of imidazole rings is 1. The number of aliphatic hydroxyl groups is 5. The van der Waals surface area contributed by atoms with Crippen molar-refractivity contribution in [2.75, 3.05) is 18.9 Å². The summed E-state index contributed by atoms with van der Waals surface area (Å²) >= 11 is 0. The molecule has 0 aliphatic carbocycles. The van der Waals surface area contributed by atoms with E-state index >= 15 is 0 Å². The van der Waals surface area contributed by atoms with Crippen LogP contribution in [-0.2, 0) is 33.8 Å². The number of phosphoric acid groups is 2. The summed E-state index contributed by atoms with van der Waals surface area (Å²) in [6, 6.07) is 3.29. The van der Waals surface area contributed by atoms with Crippen molar-refractivity contribution in [3.8, 4) is 11.5 Å². The Morgan fingerprint density at radius 2 is 1.67 bits per heavy atom. The summed E-state index contributed by atoms with van der Waals surface area (Å²) in [5, 5.41) is 53.0. The molecule has 1 saturated heterocycles. The van der Waals surface area contributed by atoms with Crippen LogP contribution in [0, 0.1) is 13.8 Å². The number of nitrogen functional groups attached to an aromatic ring is 1. The van der Waals surface area contributed by atoms with Crippen molar-refractivity contribution in [3.05, 3.63) is 56.8 Å². The number of nitrogens with two attached hydrogens (primary N) is 1. The van der Waals surface area contributed by atoms with Crippen LogP contribution in [-0.4, -0.2) is 154 Å². The van der Waals surface area contributed by atoms with Crippen molar-refractivity contribution < 1.29 is 62.5 Å². The van der Waals surface area contributed by atoms with E-state index in [-0.39, 0.29) is 63.6 Å². The van der Waals surface area contributed by atoms with Gasteiger partial charge in [0.2, 0.25) is 0 Å². The van der Waals surface area contributed by atoms with Crippen LogP contribution in [0.1, 0.15) is 17.4 Å². The Morgan fingerprint density at radius 1 is 0.981 bits per heavy atom. The molecule has 2 unspecified atom stereocenters. The summed E-state index contributed by atoms with van der Waals surface area (Å²) in [7, 11) is -11.0. The molecule has 6 rings (SSSR count). The van der Waals surface area contributed by atoms with Crippen molar-refractivity contribution in [2.45, 2.75) is 63.2 Å². The minimum Gasteiger partial charge on any atom is -0.388 e. The maximum atomic E-state index is 12.5. The van der Waals surface area contributed by atoms with Gasteiger partial charge in [0.25, 0.3) is 5.56 Å². The summed E-state index contributed by atoms with van der Waals surface area (Å²) in [5.41, 5.74) is 6.11. The van der Waals surface area contributed by atoms with E-state index in [1.54, 1.807) is 26.0 Å². The molecule has 9 atom stereocenters. The van der Waals surface area contributed by atoms with Crippen molar-refractivity contribution in [1.82, 2.24) is 39.0 Å². The van der Waals surface area contributed by atoms with Gasteiger partial charge in [-0.3, -0.25) is 23.4 Å². The SMILES string of the molecule is Cc1cc2nc3c(=O)[nH]c(=O)nc-3n(C[C@H](O)[C@H](O)[C@H](O)COP(=O)(O)OP(=O)(O)OC[C@H]3O[C@@H](n4cnc5c(N)ncnc54)[C@H](O)[C@@H]3O)c2cc1C.[Na]. The monoisotopic (exact) mass is 808 g/mol. The molecule has 1 radical (unpaired) electrons. The summed E-state index contributed by atoms with van der Waals surface area (Å²) in [6.45, 7) is 0.795. The van der Waals surface area contributed by atoms with Crippen LogP contribution in [0.4, 0.5) is 5.82 Å². The molecule has 0 bridgehead atoms. The molecule has 5 heterocycles. The molecule has 3 aromatic rings. The number of anilines is 1. The summed E-state index contributed by atoms with van der Waals surface area (Å²) in [5.74, 6) is -0.212. The quantitative estimate of drug-likeness (QED) is 0.0329. The number of aromatic amines is 1. The second-order valence-electron chi connectivity index (χ2n) is 12.1. The molecule has 0 spiro atoms. The van der Waals surface area contributed by atoms with Crippen LogP contribution in [0.3, 0.4) is 0 Å². The fourth-order valence-corrected chi connectivity index (χ4v) is 7.65. The number of benzene rings is 1. The van der Waals surface area contributed by atoms with E-state index in [1.165, 1.54) is 15.5 Å². The van der Waals surface area contributed by atoms with Crippen LogP contribution in [0.15, 0.2) is 34.4 Å². The van der Waals surface area contributed by atoms with Crippen LogP contribution < -0.4 is 17.0 Å². The van der Waals surface area contributed by atoms with Gasteiger partial charge in [0.05, 0.1) is 37.1 Å². The largest absolute Gasteiger partial charge is 0.481 e. The molecule has 3 aliphatic heterocycles. The zero-order chi connectivity index (χ0) is 38.6. The third kappa shape index (κ3) is 8.64. The number of aliphatic hydroxyl groups excluding tert-OH is 5. The first kappa shape index (κ1) is 42.0. The molecule has 10 N–H and O–H groups in total. The van der Waals surface area contributed by atoms with E-state index in [0.717, 1.165) is 17.5 Å². The number of nitrogens with zero attached hydrogens (tertiary/aromatic N) is 7. The molecule has 0 amide bonds. The van der Waals surface area contributed by atoms with Crippen LogP contribution in [0.2, 0.25) is 0 Å². The molecule has 1 aromatic carbocycles. The predicted molar refractivity (Wildman–Crippen MR) is 183 cm³/mol. The maximum absolute atomic E-state index is 12.5. The third-order valence-electron chi connectivity index (χ3n) is 8.40. The van der Waals surface area contributed by atoms with Gasteiger partial charge in [-0.2, -0.15) is 9.29 Å². The molecule has 3 aliphatic rings. The maximum Gasteiger partial charge on any atom is 0.481 e.